The zero-order valence-electron chi connectivity index (χ0n) is 13.1. The molecule has 120 valence electrons. The minimum absolute atomic E-state index is 0.352. The van der Waals surface area contributed by atoms with E-state index in [0.717, 1.165) is 19.4 Å². The molecule has 7 heteroatoms. The summed E-state index contributed by atoms with van der Waals surface area (Å²) in [4.78, 5) is 0.352. The third-order valence-corrected chi connectivity index (χ3v) is 6.29. The summed E-state index contributed by atoms with van der Waals surface area (Å²) in [5, 5.41) is 10.1. The van der Waals surface area contributed by atoms with Crippen LogP contribution in [0.1, 0.15) is 44.5 Å². The van der Waals surface area contributed by atoms with Gasteiger partial charge in [-0.1, -0.05) is 20.3 Å². The number of sulfonamides is 1. The van der Waals surface area contributed by atoms with Crippen LogP contribution in [0.15, 0.2) is 4.90 Å². The molecule has 0 spiro atoms. The number of aromatic amines is 1. The Labute approximate surface area is 127 Å². The minimum atomic E-state index is -3.47. The van der Waals surface area contributed by atoms with Gasteiger partial charge in [0.15, 0.2) is 0 Å². The molecule has 0 radical (unpaired) electrons. The van der Waals surface area contributed by atoms with E-state index < -0.39 is 10.0 Å². The molecular weight excluding hydrogens is 288 g/mol. The van der Waals surface area contributed by atoms with E-state index in [1.807, 2.05) is 13.8 Å². The number of nitrogens with one attached hydrogen (secondary N) is 2. The van der Waals surface area contributed by atoms with E-state index in [9.17, 15) is 8.42 Å². The van der Waals surface area contributed by atoms with Crippen molar-refractivity contribution in [1.29, 1.82) is 0 Å². The van der Waals surface area contributed by atoms with E-state index in [1.54, 1.807) is 11.2 Å². The lowest BCUT2D eigenvalue weighted by Crippen LogP contribution is -2.38. The molecule has 6 nitrogen and oxygen atoms in total. The van der Waals surface area contributed by atoms with E-state index in [0.29, 0.717) is 41.8 Å². The molecular formula is C14H26N4O2S. The van der Waals surface area contributed by atoms with Gasteiger partial charge in [-0.2, -0.15) is 9.40 Å². The fourth-order valence-corrected chi connectivity index (χ4v) is 4.52. The highest BCUT2D eigenvalue weighted by Crippen LogP contribution is 2.30. The first-order chi connectivity index (χ1) is 10.0. The number of hydrogen-bond acceptors (Lipinski definition) is 4. The second kappa shape index (κ2) is 6.89. The standard InChI is InChI=1S/C14H26N4O2S/c1-4-15-9-13-14(11(3)16-17-13)21(19,20)18(5-2)10-12-7-6-8-12/h12,15H,4-10H2,1-3H3,(H,16,17). The van der Waals surface area contributed by atoms with Gasteiger partial charge in [0.25, 0.3) is 0 Å². The van der Waals surface area contributed by atoms with Crippen molar-refractivity contribution in [2.24, 2.45) is 5.92 Å². The summed E-state index contributed by atoms with van der Waals surface area (Å²) in [5.74, 6) is 0.518. The zero-order chi connectivity index (χ0) is 15.5. The molecule has 1 aliphatic rings. The molecule has 0 bridgehead atoms. The molecule has 0 amide bonds. The fraction of sp³-hybridized carbons (Fsp3) is 0.786. The highest BCUT2D eigenvalue weighted by Gasteiger charge is 2.32. The Balaban J connectivity index is 2.25. The van der Waals surface area contributed by atoms with Gasteiger partial charge >= 0.3 is 0 Å². The van der Waals surface area contributed by atoms with Crippen LogP contribution in [-0.4, -0.2) is 42.6 Å². The molecule has 1 aromatic rings. The zero-order valence-corrected chi connectivity index (χ0v) is 14.0. The van der Waals surface area contributed by atoms with Gasteiger partial charge in [-0.05, 0) is 32.2 Å². The molecule has 0 unspecified atom stereocenters. The Morgan fingerprint density at radius 1 is 1.38 bits per heavy atom. The van der Waals surface area contributed by atoms with Crippen LogP contribution < -0.4 is 5.32 Å². The first-order valence-corrected chi connectivity index (χ1v) is 9.19. The lowest BCUT2D eigenvalue weighted by molar-refractivity contribution is 0.250. The lowest BCUT2D eigenvalue weighted by atomic mass is 9.85. The lowest BCUT2D eigenvalue weighted by Gasteiger charge is -2.31. The van der Waals surface area contributed by atoms with Crippen LogP contribution in [0.2, 0.25) is 0 Å². The quantitative estimate of drug-likeness (QED) is 0.764. The van der Waals surface area contributed by atoms with Gasteiger partial charge < -0.3 is 5.32 Å². The third kappa shape index (κ3) is 3.46. The highest BCUT2D eigenvalue weighted by atomic mass is 32.2. The number of aryl methyl sites for hydroxylation is 1. The Morgan fingerprint density at radius 3 is 2.62 bits per heavy atom. The van der Waals surface area contributed by atoms with Gasteiger partial charge in [0.05, 0.1) is 11.4 Å². The van der Waals surface area contributed by atoms with Crippen LogP contribution in [0.5, 0.6) is 0 Å². The smallest absolute Gasteiger partial charge is 0.246 e. The van der Waals surface area contributed by atoms with Crippen molar-refractivity contribution in [2.75, 3.05) is 19.6 Å². The number of H-pyrrole nitrogens is 1. The fourth-order valence-electron chi connectivity index (χ4n) is 2.66. The Bertz CT molecular complexity index is 564. The van der Waals surface area contributed by atoms with Gasteiger partial charge in [0.2, 0.25) is 10.0 Å². The minimum Gasteiger partial charge on any atom is -0.311 e. The Kier molecular flexibility index (Phi) is 5.40. The average molecular weight is 314 g/mol. The molecule has 0 aromatic carbocycles. The van der Waals surface area contributed by atoms with Gasteiger partial charge in [-0.25, -0.2) is 8.42 Å². The molecule has 0 aliphatic heterocycles. The van der Waals surface area contributed by atoms with Gasteiger partial charge in [-0.15, -0.1) is 0 Å². The van der Waals surface area contributed by atoms with Crippen molar-refractivity contribution in [3.8, 4) is 0 Å². The average Bonchev–Trinajstić information content (AvgIpc) is 2.76. The number of rotatable bonds is 8. The molecule has 1 aliphatic carbocycles. The second-order valence-electron chi connectivity index (χ2n) is 5.66. The van der Waals surface area contributed by atoms with Crippen molar-refractivity contribution in [2.45, 2.75) is 51.5 Å². The van der Waals surface area contributed by atoms with Crippen molar-refractivity contribution >= 4 is 10.0 Å². The maximum Gasteiger partial charge on any atom is 0.246 e. The highest BCUT2D eigenvalue weighted by molar-refractivity contribution is 7.89. The monoisotopic (exact) mass is 314 g/mol. The predicted octanol–water partition coefficient (Wildman–Crippen LogP) is 1.64. The van der Waals surface area contributed by atoms with Gasteiger partial charge in [-0.3, -0.25) is 5.10 Å². The van der Waals surface area contributed by atoms with Crippen molar-refractivity contribution in [3.63, 3.8) is 0 Å². The topological polar surface area (TPSA) is 78.1 Å². The SMILES string of the molecule is CCNCc1n[nH]c(C)c1S(=O)(=O)N(CC)CC1CCC1. The maximum absolute atomic E-state index is 12.9. The second-order valence-corrected chi connectivity index (χ2v) is 7.53. The van der Waals surface area contributed by atoms with Crippen LogP contribution in [0.25, 0.3) is 0 Å². The van der Waals surface area contributed by atoms with Crippen LogP contribution in [0.3, 0.4) is 0 Å². The molecule has 1 heterocycles. The van der Waals surface area contributed by atoms with Gasteiger partial charge in [0.1, 0.15) is 4.90 Å². The number of aromatic nitrogens is 2. The van der Waals surface area contributed by atoms with Crippen molar-refractivity contribution < 1.29 is 8.42 Å². The van der Waals surface area contributed by atoms with Crippen LogP contribution >= 0.6 is 0 Å². The molecule has 0 atom stereocenters. The Hall–Kier alpha value is -0.920. The summed E-state index contributed by atoms with van der Waals surface area (Å²) < 4.78 is 27.5. The summed E-state index contributed by atoms with van der Waals surface area (Å²) >= 11 is 0. The van der Waals surface area contributed by atoms with Crippen LogP contribution in [0.4, 0.5) is 0 Å². The largest absolute Gasteiger partial charge is 0.311 e. The summed E-state index contributed by atoms with van der Waals surface area (Å²) in [7, 11) is -3.47. The van der Waals surface area contributed by atoms with Crippen LogP contribution in [0, 0.1) is 12.8 Å². The van der Waals surface area contributed by atoms with E-state index in [-0.39, 0.29) is 0 Å². The van der Waals surface area contributed by atoms with E-state index in [1.165, 1.54) is 6.42 Å². The molecule has 0 saturated heterocycles. The van der Waals surface area contributed by atoms with Crippen molar-refractivity contribution in [3.05, 3.63) is 11.4 Å². The summed E-state index contributed by atoms with van der Waals surface area (Å²) in [6.07, 6.45) is 3.50. The molecule has 1 aromatic heterocycles. The molecule has 21 heavy (non-hydrogen) atoms. The molecule has 1 saturated carbocycles. The number of hydrogen-bond donors (Lipinski definition) is 2. The summed E-state index contributed by atoms with van der Waals surface area (Å²) in [6, 6.07) is 0. The third-order valence-electron chi connectivity index (χ3n) is 4.14. The van der Waals surface area contributed by atoms with E-state index >= 15 is 0 Å². The van der Waals surface area contributed by atoms with Gasteiger partial charge in [0, 0.05) is 19.6 Å². The van der Waals surface area contributed by atoms with E-state index in [4.69, 9.17) is 0 Å². The normalized spacial score (nSPS) is 16.4. The maximum atomic E-state index is 12.9. The van der Waals surface area contributed by atoms with E-state index in [2.05, 4.69) is 15.5 Å². The Morgan fingerprint density at radius 2 is 2.10 bits per heavy atom. The molecule has 2 N–H and O–H groups in total. The van der Waals surface area contributed by atoms with Crippen molar-refractivity contribution in [1.82, 2.24) is 19.8 Å². The summed E-state index contributed by atoms with van der Waals surface area (Å²) in [5.41, 5.74) is 1.20. The first-order valence-electron chi connectivity index (χ1n) is 7.75. The van der Waals surface area contributed by atoms with Crippen LogP contribution in [-0.2, 0) is 16.6 Å². The number of nitrogens with zero attached hydrogens (tertiary/aromatic N) is 2. The predicted molar refractivity (Wildman–Crippen MR) is 82.5 cm³/mol. The first kappa shape index (κ1) is 16.5. The summed E-state index contributed by atoms with van der Waals surface area (Å²) in [6.45, 7) is 8.04. The molecule has 1 fully saturated rings. The molecule has 2 rings (SSSR count).